The van der Waals surface area contributed by atoms with Crippen LogP contribution >= 0.6 is 0 Å². The van der Waals surface area contributed by atoms with Crippen LogP contribution in [0.1, 0.15) is 76.0 Å². The highest BCUT2D eigenvalue weighted by Crippen LogP contribution is 2.40. The molecule has 1 aromatic carbocycles. The van der Waals surface area contributed by atoms with Crippen molar-refractivity contribution in [2.45, 2.75) is 71.1 Å². The third-order valence-electron chi connectivity index (χ3n) is 4.18. The van der Waals surface area contributed by atoms with Crippen molar-refractivity contribution in [3.8, 4) is 5.75 Å². The van der Waals surface area contributed by atoms with E-state index < -0.39 is 23.8 Å². The first kappa shape index (κ1) is 22.9. The van der Waals surface area contributed by atoms with Gasteiger partial charge in [-0.05, 0) is 34.4 Å². The molecule has 152 valence electrons. The first-order chi connectivity index (χ1) is 12.1. The van der Waals surface area contributed by atoms with Crippen molar-refractivity contribution < 1.29 is 37.0 Å². The fourth-order valence-corrected chi connectivity index (χ4v) is 2.42. The molecule has 0 fully saturated rings. The average molecular weight is 391 g/mol. The summed E-state index contributed by atoms with van der Waals surface area (Å²) in [4.78, 5) is 22.2. The monoisotopic (exact) mass is 391 g/mol. The van der Waals surface area contributed by atoms with Crippen molar-refractivity contribution in [3.63, 3.8) is 0 Å². The number of carbonyl (C=O) groups excluding carboxylic acids is 2. The van der Waals surface area contributed by atoms with Gasteiger partial charge in [-0.25, -0.2) is 4.79 Å². The lowest BCUT2D eigenvalue weighted by molar-refractivity contribution is -0.346. The van der Waals surface area contributed by atoms with Gasteiger partial charge in [0.2, 0.25) is 0 Å². The maximum atomic E-state index is 13.8. The fraction of sp³-hybridized carbons (Fsp3) is 0.579. The van der Waals surface area contributed by atoms with E-state index in [1.54, 1.807) is 39.8 Å². The van der Waals surface area contributed by atoms with Gasteiger partial charge >= 0.3 is 17.8 Å². The predicted molar refractivity (Wildman–Crippen MR) is 89.2 cm³/mol. The van der Waals surface area contributed by atoms with Crippen LogP contribution in [0, 0.1) is 0 Å². The molecular weight excluding hydrogens is 368 g/mol. The lowest BCUT2D eigenvalue weighted by Gasteiger charge is -2.27. The Balaban J connectivity index is 3.53. The fourth-order valence-electron chi connectivity index (χ4n) is 2.42. The molecule has 0 amide bonds. The molecule has 0 bridgehead atoms. The zero-order chi connectivity index (χ0) is 21.3. The van der Waals surface area contributed by atoms with Gasteiger partial charge in [0.15, 0.2) is 0 Å². The Kier molecular flexibility index (Phi) is 6.67. The molecule has 8 heteroatoms. The summed E-state index contributed by atoms with van der Waals surface area (Å²) >= 11 is 0. The SMILES string of the molecule is CC(C)c1cc(C(C)C)c(OC(=O)C(F)(F)C(F)(F)C(=O)[O-])c(C(C)C)c1. The maximum absolute atomic E-state index is 13.8. The number of alkyl halides is 4. The summed E-state index contributed by atoms with van der Waals surface area (Å²) in [6.07, 6.45) is 0. The van der Waals surface area contributed by atoms with E-state index in [0.29, 0.717) is 11.1 Å². The van der Waals surface area contributed by atoms with Crippen molar-refractivity contribution in [2.24, 2.45) is 0 Å². The lowest BCUT2D eigenvalue weighted by Crippen LogP contribution is -2.58. The smallest absolute Gasteiger partial charge is 0.410 e. The molecule has 0 aliphatic heterocycles. The molecule has 0 aliphatic rings. The normalized spacial score (nSPS) is 12.8. The Labute approximate surface area is 155 Å². The van der Waals surface area contributed by atoms with E-state index in [1.165, 1.54) is 0 Å². The van der Waals surface area contributed by atoms with Gasteiger partial charge in [-0.2, -0.15) is 17.6 Å². The van der Waals surface area contributed by atoms with E-state index in [1.807, 2.05) is 13.8 Å². The Bertz CT molecular complexity index is 695. The van der Waals surface area contributed by atoms with E-state index in [9.17, 15) is 32.3 Å². The maximum Gasteiger partial charge on any atom is 0.410 e. The number of carbonyl (C=O) groups is 2. The summed E-state index contributed by atoms with van der Waals surface area (Å²) in [5.41, 5.74) is 1.66. The highest BCUT2D eigenvalue weighted by Gasteiger charge is 2.64. The topological polar surface area (TPSA) is 66.4 Å². The lowest BCUT2D eigenvalue weighted by atomic mass is 9.88. The Morgan fingerprint density at radius 1 is 0.852 bits per heavy atom. The van der Waals surface area contributed by atoms with Crippen LogP contribution in [-0.2, 0) is 9.59 Å². The van der Waals surface area contributed by atoms with Crippen LogP contribution in [-0.4, -0.2) is 23.8 Å². The highest BCUT2D eigenvalue weighted by atomic mass is 19.3. The van der Waals surface area contributed by atoms with E-state index in [2.05, 4.69) is 4.74 Å². The first-order valence-corrected chi connectivity index (χ1v) is 8.51. The standard InChI is InChI=1S/C19H24F4O4/c1-9(2)12-7-13(10(3)4)15(14(8-12)11(5)6)27-17(26)19(22,23)18(20,21)16(24)25/h7-11H,1-6H3,(H,24,25)/p-1. The zero-order valence-corrected chi connectivity index (χ0v) is 16.0. The van der Waals surface area contributed by atoms with Gasteiger partial charge in [0.05, 0.1) is 0 Å². The van der Waals surface area contributed by atoms with Crippen molar-refractivity contribution in [2.75, 3.05) is 0 Å². The first-order valence-electron chi connectivity index (χ1n) is 8.51. The Morgan fingerprint density at radius 2 is 1.26 bits per heavy atom. The van der Waals surface area contributed by atoms with Gasteiger partial charge in [-0.1, -0.05) is 53.7 Å². The number of hydrogen-bond donors (Lipinski definition) is 0. The van der Waals surface area contributed by atoms with Crippen molar-refractivity contribution in [3.05, 3.63) is 28.8 Å². The van der Waals surface area contributed by atoms with Gasteiger partial charge in [-0.3, -0.25) is 0 Å². The molecule has 0 atom stereocenters. The number of hydrogen-bond acceptors (Lipinski definition) is 4. The molecular formula is C19H23F4O4-. The second-order valence-corrected chi connectivity index (χ2v) is 7.32. The van der Waals surface area contributed by atoms with Crippen LogP contribution in [0.5, 0.6) is 5.75 Å². The minimum atomic E-state index is -5.70. The van der Waals surface area contributed by atoms with Crippen LogP contribution in [0.25, 0.3) is 0 Å². The van der Waals surface area contributed by atoms with Gasteiger partial charge in [0.1, 0.15) is 11.7 Å². The molecule has 0 radical (unpaired) electrons. The summed E-state index contributed by atoms with van der Waals surface area (Å²) in [6, 6.07) is 3.33. The summed E-state index contributed by atoms with van der Waals surface area (Å²) in [7, 11) is 0. The molecule has 27 heavy (non-hydrogen) atoms. The molecule has 0 aliphatic carbocycles. The molecule has 1 rings (SSSR count). The minimum Gasteiger partial charge on any atom is -0.544 e. The van der Waals surface area contributed by atoms with Crippen LogP contribution in [0.15, 0.2) is 12.1 Å². The largest absolute Gasteiger partial charge is 0.544 e. The third kappa shape index (κ3) is 4.42. The number of ether oxygens (including phenoxy) is 1. The molecule has 0 saturated heterocycles. The number of aliphatic carboxylic acids is 1. The van der Waals surface area contributed by atoms with Crippen LogP contribution in [0.2, 0.25) is 0 Å². The highest BCUT2D eigenvalue weighted by molar-refractivity contribution is 5.89. The summed E-state index contributed by atoms with van der Waals surface area (Å²) < 4.78 is 58.7. The van der Waals surface area contributed by atoms with Crippen LogP contribution < -0.4 is 9.84 Å². The summed E-state index contributed by atoms with van der Waals surface area (Å²) in [5, 5.41) is 10.3. The second kappa shape index (κ2) is 7.86. The summed E-state index contributed by atoms with van der Waals surface area (Å²) in [6.45, 7) is 10.8. The number of carboxylic acids is 1. The molecule has 0 N–H and O–H groups in total. The second-order valence-electron chi connectivity index (χ2n) is 7.32. The molecule has 0 aromatic heterocycles. The number of halogens is 4. The predicted octanol–water partition coefficient (Wildman–Crippen LogP) is 3.98. The van der Waals surface area contributed by atoms with E-state index in [0.717, 1.165) is 5.56 Å². The molecule has 0 saturated carbocycles. The Morgan fingerprint density at radius 3 is 1.56 bits per heavy atom. The average Bonchev–Trinajstić information content (AvgIpc) is 2.53. The summed E-state index contributed by atoms with van der Waals surface area (Å²) in [5.74, 6) is -18.0. The van der Waals surface area contributed by atoms with Crippen molar-refractivity contribution >= 4 is 11.9 Å². The van der Waals surface area contributed by atoms with E-state index in [4.69, 9.17) is 0 Å². The molecule has 0 unspecified atom stereocenters. The zero-order valence-electron chi connectivity index (χ0n) is 16.0. The number of rotatable bonds is 7. The van der Waals surface area contributed by atoms with Crippen LogP contribution in [0.4, 0.5) is 17.6 Å². The van der Waals surface area contributed by atoms with E-state index in [-0.39, 0.29) is 23.5 Å². The van der Waals surface area contributed by atoms with E-state index >= 15 is 0 Å². The van der Waals surface area contributed by atoms with Crippen molar-refractivity contribution in [1.29, 1.82) is 0 Å². The van der Waals surface area contributed by atoms with Gasteiger partial charge in [0.25, 0.3) is 0 Å². The number of esters is 1. The van der Waals surface area contributed by atoms with Crippen LogP contribution in [0.3, 0.4) is 0 Å². The van der Waals surface area contributed by atoms with Crippen molar-refractivity contribution in [1.82, 2.24) is 0 Å². The number of benzene rings is 1. The molecule has 0 spiro atoms. The molecule has 1 aromatic rings. The Hall–Kier alpha value is -2.12. The number of carboxylic acid groups (broad SMARTS) is 1. The van der Waals surface area contributed by atoms with Gasteiger partial charge in [-0.15, -0.1) is 0 Å². The quantitative estimate of drug-likeness (QED) is 0.401. The van der Waals surface area contributed by atoms with Gasteiger partial charge in [0, 0.05) is 0 Å². The third-order valence-corrected chi connectivity index (χ3v) is 4.18. The minimum absolute atomic E-state index is 0.0913. The molecule has 0 heterocycles. The molecule has 4 nitrogen and oxygen atoms in total. The van der Waals surface area contributed by atoms with Gasteiger partial charge < -0.3 is 14.6 Å².